The molecule has 1 atom stereocenters. The van der Waals surface area contributed by atoms with Gasteiger partial charge in [0.1, 0.15) is 11.8 Å². The third-order valence-corrected chi connectivity index (χ3v) is 9.34. The molecule has 4 aliphatic rings. The first kappa shape index (κ1) is 27.9. The average molecular weight is 614 g/mol. The number of halogens is 4. The van der Waals surface area contributed by atoms with Gasteiger partial charge in [-0.15, -0.1) is 0 Å². The van der Waals surface area contributed by atoms with Crippen molar-refractivity contribution < 1.29 is 32.3 Å². The Hall–Kier alpha value is -3.90. The molecule has 2 fully saturated rings. The van der Waals surface area contributed by atoms with Gasteiger partial charge in [0.15, 0.2) is 5.69 Å². The molecule has 2 aromatic carbocycles. The zero-order valence-electron chi connectivity index (χ0n) is 22.9. The van der Waals surface area contributed by atoms with Crippen LogP contribution >= 0.6 is 11.6 Å². The second-order valence-electron chi connectivity index (χ2n) is 11.6. The number of alkyl halides is 3. The lowest BCUT2D eigenvalue weighted by Gasteiger charge is -2.38. The quantitative estimate of drug-likeness (QED) is 0.443. The largest absolute Gasteiger partial charge is 0.492 e. The summed E-state index contributed by atoms with van der Waals surface area (Å²) in [5.74, 6) is -0.400. The maximum atomic E-state index is 13.9. The van der Waals surface area contributed by atoms with E-state index in [1.165, 1.54) is 15.8 Å². The Bertz CT molecular complexity index is 1650. The molecule has 13 heteroatoms. The van der Waals surface area contributed by atoms with E-state index in [-0.39, 0.29) is 48.7 Å². The molecule has 3 amide bonds. The monoisotopic (exact) mass is 613 g/mol. The van der Waals surface area contributed by atoms with Crippen molar-refractivity contribution in [2.75, 3.05) is 19.7 Å². The Morgan fingerprint density at radius 3 is 2.51 bits per heavy atom. The van der Waals surface area contributed by atoms with Gasteiger partial charge >= 0.3 is 6.18 Å². The van der Waals surface area contributed by atoms with Gasteiger partial charge in [-0.05, 0) is 62.7 Å². The highest BCUT2D eigenvalue weighted by atomic mass is 35.5. The predicted molar refractivity (Wildman–Crippen MR) is 148 cm³/mol. The molecule has 9 nitrogen and oxygen atoms in total. The summed E-state index contributed by atoms with van der Waals surface area (Å²) in [7, 11) is 0. The van der Waals surface area contributed by atoms with Crippen molar-refractivity contribution in [2.45, 2.75) is 56.4 Å². The van der Waals surface area contributed by atoms with E-state index in [0.29, 0.717) is 54.6 Å². The molecule has 0 radical (unpaired) electrons. The molecule has 0 unspecified atom stereocenters. The molecule has 0 bridgehead atoms. The molecule has 7 rings (SSSR count). The first-order valence-corrected chi connectivity index (χ1v) is 14.5. The predicted octanol–water partition coefficient (Wildman–Crippen LogP) is 4.23. The molecule has 5 heterocycles. The summed E-state index contributed by atoms with van der Waals surface area (Å²) in [6.07, 6.45) is -1.35. The summed E-state index contributed by atoms with van der Waals surface area (Å²) in [6.45, 7) is 1.87. The van der Waals surface area contributed by atoms with E-state index in [4.69, 9.17) is 16.3 Å². The average Bonchev–Trinajstić information content (AvgIpc) is 3.65. The number of amides is 3. The zero-order valence-corrected chi connectivity index (χ0v) is 23.7. The van der Waals surface area contributed by atoms with E-state index in [1.54, 1.807) is 30.3 Å². The number of fused-ring (bicyclic) bond motifs is 4. The summed E-state index contributed by atoms with van der Waals surface area (Å²) >= 11 is 5.94. The van der Waals surface area contributed by atoms with Gasteiger partial charge in [-0.1, -0.05) is 17.7 Å². The van der Waals surface area contributed by atoms with Crippen LogP contribution in [-0.2, 0) is 34.3 Å². The minimum absolute atomic E-state index is 0.103. The van der Waals surface area contributed by atoms with Crippen LogP contribution in [-0.4, -0.2) is 63.0 Å². The van der Waals surface area contributed by atoms with E-state index in [2.05, 4.69) is 10.4 Å². The molecule has 0 saturated carbocycles. The van der Waals surface area contributed by atoms with Gasteiger partial charge in [-0.25, -0.2) is 4.68 Å². The van der Waals surface area contributed by atoms with E-state index in [0.717, 1.165) is 11.1 Å². The van der Waals surface area contributed by atoms with Crippen LogP contribution in [0.1, 0.15) is 58.4 Å². The fourth-order valence-corrected chi connectivity index (χ4v) is 6.89. The number of piperidine rings is 2. The van der Waals surface area contributed by atoms with Crippen LogP contribution in [0.3, 0.4) is 0 Å². The van der Waals surface area contributed by atoms with E-state index in [9.17, 15) is 27.6 Å². The van der Waals surface area contributed by atoms with Crippen molar-refractivity contribution in [1.82, 2.24) is 24.9 Å². The summed E-state index contributed by atoms with van der Waals surface area (Å²) < 4.78 is 49.2. The fraction of sp³-hybridized carbons (Fsp3) is 0.400. The topological polar surface area (TPSA) is 96.8 Å². The first-order valence-electron chi connectivity index (χ1n) is 14.1. The van der Waals surface area contributed by atoms with Crippen molar-refractivity contribution in [2.24, 2.45) is 0 Å². The van der Waals surface area contributed by atoms with E-state index in [1.807, 2.05) is 11.0 Å². The highest BCUT2D eigenvalue weighted by molar-refractivity contribution is 6.30. The molecule has 1 spiro atoms. The van der Waals surface area contributed by atoms with Gasteiger partial charge in [-0.3, -0.25) is 24.6 Å². The van der Waals surface area contributed by atoms with Crippen LogP contribution in [0.15, 0.2) is 42.6 Å². The van der Waals surface area contributed by atoms with Crippen molar-refractivity contribution >= 4 is 29.3 Å². The van der Waals surface area contributed by atoms with Gasteiger partial charge in [0.2, 0.25) is 11.8 Å². The molecule has 224 valence electrons. The molecule has 4 aliphatic heterocycles. The Morgan fingerprint density at radius 2 is 1.81 bits per heavy atom. The number of nitrogens with zero attached hydrogens (tertiary/aromatic N) is 4. The van der Waals surface area contributed by atoms with Gasteiger partial charge in [0.05, 0.1) is 18.8 Å². The lowest BCUT2D eigenvalue weighted by Crippen LogP contribution is -2.52. The lowest BCUT2D eigenvalue weighted by atomic mass is 9.74. The molecule has 1 N–H and O–H groups in total. The van der Waals surface area contributed by atoms with E-state index < -0.39 is 23.8 Å². The van der Waals surface area contributed by atoms with Crippen LogP contribution in [0.4, 0.5) is 13.2 Å². The Labute approximate surface area is 249 Å². The van der Waals surface area contributed by atoms with Crippen LogP contribution < -0.4 is 10.1 Å². The standard InChI is InChI=1S/C30H27ClF3N5O4/c31-18-1-3-19(4-2-18)39-14-17(26(36-39)30(32,33)34)13-37-11-9-29(10-12-37)16-43-25-21-15-38(23-7-8-24(40)35-27(23)41)28(42)20(21)5-6-22(25)29/h1-6,14,23H,7-13,15-16H2,(H,35,40,41)/t23-/m0/s1. The fourth-order valence-electron chi connectivity index (χ4n) is 6.77. The number of carbonyl (C=O) groups is 3. The van der Waals surface area contributed by atoms with Crippen LogP contribution in [0.5, 0.6) is 5.75 Å². The number of hydrogen-bond acceptors (Lipinski definition) is 6. The molecule has 0 aliphatic carbocycles. The van der Waals surface area contributed by atoms with Gasteiger partial charge in [-0.2, -0.15) is 18.3 Å². The SMILES string of the molecule is O=C1CC[C@H](N2Cc3c(ccc4c3OCC43CCN(Cc4cn(-c5ccc(Cl)cc5)nc4C(F)(F)F)CC3)C2=O)C(=O)N1. The number of rotatable bonds is 4. The molecule has 43 heavy (non-hydrogen) atoms. The van der Waals surface area contributed by atoms with Gasteiger partial charge < -0.3 is 9.64 Å². The number of imide groups is 1. The summed E-state index contributed by atoms with van der Waals surface area (Å²) in [5.41, 5.74) is 1.61. The van der Waals surface area contributed by atoms with Crippen LogP contribution in [0, 0.1) is 0 Å². The zero-order chi connectivity index (χ0) is 30.1. The second kappa shape index (κ2) is 10.1. The molecule has 2 saturated heterocycles. The number of ether oxygens (including phenoxy) is 1. The van der Waals surface area contributed by atoms with Crippen molar-refractivity contribution in [3.05, 3.63) is 75.6 Å². The van der Waals surface area contributed by atoms with Gasteiger partial charge in [0, 0.05) is 51.9 Å². The van der Waals surface area contributed by atoms with Crippen molar-refractivity contribution in [1.29, 1.82) is 0 Å². The Kier molecular flexibility index (Phi) is 6.55. The number of aromatic nitrogens is 2. The van der Waals surface area contributed by atoms with Crippen molar-refractivity contribution in [3.8, 4) is 11.4 Å². The number of carbonyl (C=O) groups excluding carboxylic acids is 3. The minimum Gasteiger partial charge on any atom is -0.492 e. The van der Waals surface area contributed by atoms with E-state index >= 15 is 0 Å². The highest BCUT2D eigenvalue weighted by Crippen LogP contribution is 2.50. The second-order valence-corrected chi connectivity index (χ2v) is 12.1. The third kappa shape index (κ3) is 4.76. The molecular formula is C30H27ClF3N5O4. The summed E-state index contributed by atoms with van der Waals surface area (Å²) in [4.78, 5) is 40.8. The number of nitrogens with one attached hydrogen (secondary N) is 1. The summed E-state index contributed by atoms with van der Waals surface area (Å²) in [6, 6.07) is 9.44. The third-order valence-electron chi connectivity index (χ3n) is 9.09. The lowest BCUT2D eigenvalue weighted by molar-refractivity contribution is -0.142. The molecular weight excluding hydrogens is 587 g/mol. The maximum absolute atomic E-state index is 13.9. The minimum atomic E-state index is -4.60. The number of likely N-dealkylation sites (tertiary alicyclic amines) is 1. The highest BCUT2D eigenvalue weighted by Gasteiger charge is 2.48. The number of hydrogen-bond donors (Lipinski definition) is 1. The summed E-state index contributed by atoms with van der Waals surface area (Å²) in [5, 5.41) is 6.66. The Morgan fingerprint density at radius 1 is 1.07 bits per heavy atom. The normalized spacial score (nSPS) is 21.6. The maximum Gasteiger partial charge on any atom is 0.435 e. The number of benzene rings is 2. The molecule has 3 aromatic rings. The van der Waals surface area contributed by atoms with Crippen LogP contribution in [0.25, 0.3) is 5.69 Å². The van der Waals surface area contributed by atoms with Gasteiger partial charge in [0.25, 0.3) is 5.91 Å². The Balaban J connectivity index is 1.08. The van der Waals surface area contributed by atoms with Crippen LogP contribution in [0.2, 0.25) is 5.02 Å². The molecule has 1 aromatic heterocycles. The van der Waals surface area contributed by atoms with Crippen molar-refractivity contribution in [3.63, 3.8) is 0 Å². The smallest absolute Gasteiger partial charge is 0.435 e. The first-order chi connectivity index (χ1) is 20.5.